The van der Waals surface area contributed by atoms with Gasteiger partial charge in [-0.3, -0.25) is 48.5 Å². The number of alkyl halides is 3. The summed E-state index contributed by atoms with van der Waals surface area (Å²) in [7, 11) is 0. The summed E-state index contributed by atoms with van der Waals surface area (Å²) >= 11 is 0. The molecule has 2 fully saturated rings. The van der Waals surface area contributed by atoms with Gasteiger partial charge in [0.15, 0.2) is 0 Å². The average molecular weight is 851 g/mol. The smallest absolute Gasteiger partial charge is 0.388 e. The maximum absolute atomic E-state index is 12.8. The predicted octanol–water partition coefficient (Wildman–Crippen LogP) is 4.07. The molecule has 0 bridgehead atoms. The van der Waals surface area contributed by atoms with Crippen molar-refractivity contribution in [3.63, 3.8) is 0 Å². The number of non-ortho nitro benzene ring substituents is 2. The monoisotopic (exact) mass is 850 g/mol. The molecule has 2 saturated heterocycles. The van der Waals surface area contributed by atoms with Crippen molar-refractivity contribution in [2.24, 2.45) is 0 Å². The van der Waals surface area contributed by atoms with Crippen molar-refractivity contribution < 1.29 is 42.8 Å². The first kappa shape index (κ1) is 44.0. The van der Waals surface area contributed by atoms with Gasteiger partial charge in [-0.25, -0.2) is 9.97 Å². The molecule has 0 saturated carbocycles. The molecule has 0 radical (unpaired) electrons. The zero-order valence-electron chi connectivity index (χ0n) is 32.7. The van der Waals surface area contributed by atoms with E-state index in [1.54, 1.807) is 4.90 Å². The number of nitro benzene ring substituents is 2. The lowest BCUT2D eigenvalue weighted by atomic mass is 9.90. The summed E-state index contributed by atoms with van der Waals surface area (Å²) < 4.78 is 40.0. The van der Waals surface area contributed by atoms with Gasteiger partial charge in [-0.2, -0.15) is 13.2 Å². The van der Waals surface area contributed by atoms with Crippen molar-refractivity contribution >= 4 is 45.0 Å². The van der Waals surface area contributed by atoms with Gasteiger partial charge in [-0.1, -0.05) is 37.3 Å². The van der Waals surface area contributed by atoms with Gasteiger partial charge in [0.25, 0.3) is 22.5 Å². The van der Waals surface area contributed by atoms with E-state index in [4.69, 9.17) is 0 Å². The number of carbonyl (C=O) groups is 2. The van der Waals surface area contributed by atoms with E-state index in [2.05, 4.69) is 9.97 Å². The van der Waals surface area contributed by atoms with Crippen LogP contribution in [0.3, 0.4) is 0 Å². The van der Waals surface area contributed by atoms with Crippen molar-refractivity contribution in [2.45, 2.75) is 75.4 Å². The van der Waals surface area contributed by atoms with Gasteiger partial charge in [0.05, 0.1) is 68.6 Å². The van der Waals surface area contributed by atoms with Crippen LogP contribution in [0.15, 0.2) is 89.0 Å². The number of likely N-dealkylation sites (tertiary alicyclic amines) is 2. The Balaban J connectivity index is 0.000000207. The number of halogens is 3. The summed E-state index contributed by atoms with van der Waals surface area (Å²) in [4.78, 5) is 80.6. The number of nitrogens with zero attached hydrogens (tertiary/aromatic N) is 8. The first-order chi connectivity index (χ1) is 28.8. The van der Waals surface area contributed by atoms with E-state index in [1.165, 1.54) is 35.2 Å². The third kappa shape index (κ3) is 10.2. The summed E-state index contributed by atoms with van der Waals surface area (Å²) in [6.07, 6.45) is -1.71. The van der Waals surface area contributed by atoms with E-state index in [1.807, 2.05) is 37.3 Å². The summed E-state index contributed by atoms with van der Waals surface area (Å²) in [5.74, 6) is -1.79. The van der Waals surface area contributed by atoms with Gasteiger partial charge >= 0.3 is 12.1 Å². The minimum absolute atomic E-state index is 0.0498. The minimum atomic E-state index is -4.97. The molecule has 1 unspecified atom stereocenters. The highest BCUT2D eigenvalue weighted by Gasteiger charge is 2.45. The second-order valence-electron chi connectivity index (χ2n) is 15.4. The van der Waals surface area contributed by atoms with E-state index < -0.39 is 38.7 Å². The molecular formula is C40H41F3N8O10. The highest BCUT2D eigenvalue weighted by Crippen LogP contribution is 2.29. The van der Waals surface area contributed by atoms with Crippen molar-refractivity contribution in [2.75, 3.05) is 26.2 Å². The Hall–Kier alpha value is -6.61. The summed E-state index contributed by atoms with van der Waals surface area (Å²) in [6, 6.07) is 17.4. The quantitative estimate of drug-likeness (QED) is 0.158. The van der Waals surface area contributed by atoms with Gasteiger partial charge in [-0.15, -0.1) is 0 Å². The van der Waals surface area contributed by atoms with Gasteiger partial charge < -0.3 is 20.0 Å². The Labute approximate surface area is 343 Å². The molecule has 2 aliphatic rings. The fraction of sp³-hybridized carbons (Fsp3) is 0.400. The maximum atomic E-state index is 12.8. The van der Waals surface area contributed by atoms with Crippen LogP contribution in [-0.4, -0.2) is 104 Å². The van der Waals surface area contributed by atoms with Crippen molar-refractivity contribution in [1.82, 2.24) is 28.9 Å². The standard InChI is InChI=1S/C24H26N4O5.C16H15F3N4O5/c1-17(18-5-3-2-4-6-18)13-22(29)26-11-9-24(31,10-12-26)15-27-16-25-21-14-19(28(32)33)7-8-20(21)23(27)30;17-16(18,19)14(25)21-5-3-15(26,4-6-21)8-22-9-20-12-7-10(23(27)28)1-2-11(12)13(22)24/h2-8,14,16-17,31H,9-13,15H2,1H3;1-2,7,9,26H,3-6,8H2. The Kier molecular flexibility index (Phi) is 12.6. The molecule has 3 aromatic carbocycles. The molecule has 322 valence electrons. The number of benzene rings is 3. The highest BCUT2D eigenvalue weighted by atomic mass is 19.4. The molecule has 0 aliphatic carbocycles. The van der Waals surface area contributed by atoms with Crippen LogP contribution in [0.5, 0.6) is 0 Å². The van der Waals surface area contributed by atoms with Crippen LogP contribution in [-0.2, 0) is 22.7 Å². The first-order valence-corrected chi connectivity index (χ1v) is 19.2. The minimum Gasteiger partial charge on any atom is -0.388 e. The Morgan fingerprint density at radius 2 is 1.16 bits per heavy atom. The highest BCUT2D eigenvalue weighted by molar-refractivity contribution is 5.82. The largest absolute Gasteiger partial charge is 0.471 e. The number of aromatic nitrogens is 4. The molecule has 0 spiro atoms. The second kappa shape index (κ2) is 17.5. The molecular weight excluding hydrogens is 809 g/mol. The zero-order chi connectivity index (χ0) is 44.3. The molecule has 5 aromatic rings. The van der Waals surface area contributed by atoms with E-state index in [-0.39, 0.29) is 89.6 Å². The number of piperidine rings is 2. The van der Waals surface area contributed by atoms with Crippen LogP contribution >= 0.6 is 0 Å². The molecule has 21 heteroatoms. The van der Waals surface area contributed by atoms with Gasteiger partial charge in [0.2, 0.25) is 5.91 Å². The Morgan fingerprint density at radius 1 is 0.738 bits per heavy atom. The average Bonchev–Trinajstić information content (AvgIpc) is 3.23. The summed E-state index contributed by atoms with van der Waals surface area (Å²) in [5, 5.41) is 43.8. The van der Waals surface area contributed by atoms with E-state index in [9.17, 15) is 62.8 Å². The fourth-order valence-corrected chi connectivity index (χ4v) is 7.46. The summed E-state index contributed by atoms with van der Waals surface area (Å²) in [5.41, 5.74) is -2.40. The SMILES string of the molecule is CC(CC(=O)N1CCC(O)(Cn2cnc3cc([N+](=O)[O-])ccc3c2=O)CC1)c1ccccc1.O=C(N1CCC(O)(Cn2cnc3cc([N+](=O)[O-])ccc3c2=O)CC1)C(F)(F)F. The van der Waals surface area contributed by atoms with Crippen molar-refractivity contribution in [3.05, 3.63) is 126 Å². The second-order valence-corrected chi connectivity index (χ2v) is 15.4. The molecule has 2 amide bonds. The lowest BCUT2D eigenvalue weighted by molar-refractivity contribution is -0.384. The predicted molar refractivity (Wildman–Crippen MR) is 212 cm³/mol. The van der Waals surface area contributed by atoms with Crippen LogP contribution in [0.1, 0.15) is 50.5 Å². The molecule has 2 aromatic heterocycles. The third-order valence-corrected chi connectivity index (χ3v) is 11.1. The number of carbonyl (C=O) groups excluding carboxylic acids is 2. The first-order valence-electron chi connectivity index (χ1n) is 19.2. The molecule has 61 heavy (non-hydrogen) atoms. The lowest BCUT2D eigenvalue weighted by Gasteiger charge is -2.38. The Bertz CT molecular complexity index is 2590. The normalized spacial score (nSPS) is 16.7. The van der Waals surface area contributed by atoms with Crippen LogP contribution in [0.4, 0.5) is 24.5 Å². The van der Waals surface area contributed by atoms with Crippen molar-refractivity contribution in [1.29, 1.82) is 0 Å². The van der Waals surface area contributed by atoms with Gasteiger partial charge in [0, 0.05) is 56.9 Å². The zero-order valence-corrected chi connectivity index (χ0v) is 32.7. The topological polar surface area (TPSA) is 237 Å². The molecule has 18 nitrogen and oxygen atoms in total. The molecule has 2 N–H and O–H groups in total. The van der Waals surface area contributed by atoms with Crippen LogP contribution in [0, 0.1) is 20.2 Å². The number of nitro groups is 2. The van der Waals surface area contributed by atoms with Crippen LogP contribution < -0.4 is 11.1 Å². The number of rotatable bonds is 9. The van der Waals surface area contributed by atoms with E-state index >= 15 is 0 Å². The Morgan fingerprint density at radius 3 is 1.57 bits per heavy atom. The maximum Gasteiger partial charge on any atom is 0.471 e. The number of hydrogen-bond donors (Lipinski definition) is 2. The number of aliphatic hydroxyl groups is 2. The van der Waals surface area contributed by atoms with Crippen molar-refractivity contribution in [3.8, 4) is 0 Å². The van der Waals surface area contributed by atoms with Crippen LogP contribution in [0.25, 0.3) is 21.8 Å². The molecule has 4 heterocycles. The summed E-state index contributed by atoms with van der Waals surface area (Å²) in [6.45, 7) is 2.10. The number of hydrogen-bond acceptors (Lipinski definition) is 12. The van der Waals surface area contributed by atoms with Crippen LogP contribution in [0.2, 0.25) is 0 Å². The molecule has 2 aliphatic heterocycles. The fourth-order valence-electron chi connectivity index (χ4n) is 7.46. The van der Waals surface area contributed by atoms with E-state index in [0.717, 1.165) is 28.6 Å². The molecule has 7 rings (SSSR count). The molecule has 1 atom stereocenters. The van der Waals surface area contributed by atoms with E-state index in [0.29, 0.717) is 37.3 Å². The number of amides is 2. The van der Waals surface area contributed by atoms with Gasteiger partial charge in [-0.05, 0) is 49.3 Å². The van der Waals surface area contributed by atoms with Gasteiger partial charge in [0.1, 0.15) is 0 Å². The lowest BCUT2D eigenvalue weighted by Crippen LogP contribution is -2.52. The third-order valence-electron chi connectivity index (χ3n) is 11.1. The number of fused-ring (bicyclic) bond motifs is 2.